The maximum Gasteiger partial charge on any atom is 0.310 e. The number of nitrogens with zero attached hydrogens (tertiary/aromatic N) is 3. The van der Waals surface area contributed by atoms with Crippen molar-refractivity contribution in [2.24, 2.45) is 5.41 Å². The van der Waals surface area contributed by atoms with Crippen LogP contribution in [0.25, 0.3) is 5.69 Å². The summed E-state index contributed by atoms with van der Waals surface area (Å²) in [5.41, 5.74) is 0.930. The molecule has 7 nitrogen and oxygen atoms in total. The molecule has 2 N–H and O–H groups in total. The molecule has 0 aliphatic rings. The number of nitrogens with one attached hydrogen (secondary N) is 1. The fourth-order valence-corrected chi connectivity index (χ4v) is 2.34. The van der Waals surface area contributed by atoms with E-state index in [0.717, 1.165) is 11.3 Å². The molecule has 0 saturated carbocycles. The molecule has 0 aliphatic heterocycles. The first-order valence-electron chi connectivity index (χ1n) is 8.18. The highest BCUT2D eigenvalue weighted by molar-refractivity contribution is 5.90. The second-order valence-electron chi connectivity index (χ2n) is 6.98. The number of aromatic nitrogens is 3. The van der Waals surface area contributed by atoms with E-state index in [2.05, 4.69) is 29.2 Å². The van der Waals surface area contributed by atoms with Gasteiger partial charge < -0.3 is 10.4 Å². The number of carboxylic acid groups (broad SMARTS) is 1. The minimum Gasteiger partial charge on any atom is -0.481 e. The lowest BCUT2D eigenvalue weighted by atomic mass is 9.94. The summed E-state index contributed by atoms with van der Waals surface area (Å²) in [4.78, 5) is 27.6. The fourth-order valence-electron chi connectivity index (χ4n) is 2.34. The average molecular weight is 344 g/mol. The summed E-state index contributed by atoms with van der Waals surface area (Å²) in [5.74, 6) is -0.548. The van der Waals surface area contributed by atoms with E-state index in [1.54, 1.807) is 25.5 Å². The highest BCUT2D eigenvalue weighted by Crippen LogP contribution is 2.23. The van der Waals surface area contributed by atoms with E-state index in [9.17, 15) is 9.59 Å². The van der Waals surface area contributed by atoms with Gasteiger partial charge >= 0.3 is 5.97 Å². The van der Waals surface area contributed by atoms with Gasteiger partial charge in [-0.2, -0.15) is 0 Å². The Hall–Kier alpha value is -2.70. The number of benzene rings is 1. The Morgan fingerprint density at radius 3 is 2.52 bits per heavy atom. The third-order valence-electron chi connectivity index (χ3n) is 4.03. The third kappa shape index (κ3) is 4.04. The summed E-state index contributed by atoms with van der Waals surface area (Å²) in [6.45, 7) is 9.05. The van der Waals surface area contributed by atoms with Crippen molar-refractivity contribution in [1.29, 1.82) is 0 Å². The number of amides is 1. The van der Waals surface area contributed by atoms with Gasteiger partial charge in [0.05, 0.1) is 11.1 Å². The number of carboxylic acids is 1. The van der Waals surface area contributed by atoms with Crippen molar-refractivity contribution in [1.82, 2.24) is 20.1 Å². The average Bonchev–Trinajstić information content (AvgIpc) is 2.94. The number of carbonyl (C=O) groups excluding carboxylic acids is 1. The predicted molar refractivity (Wildman–Crippen MR) is 93.9 cm³/mol. The van der Waals surface area contributed by atoms with Crippen LogP contribution < -0.4 is 5.32 Å². The van der Waals surface area contributed by atoms with Gasteiger partial charge in [0, 0.05) is 6.54 Å². The predicted octanol–water partition coefficient (Wildman–Crippen LogP) is 2.54. The zero-order chi connectivity index (χ0) is 18.8. The monoisotopic (exact) mass is 344 g/mol. The van der Waals surface area contributed by atoms with E-state index < -0.39 is 17.3 Å². The maximum absolute atomic E-state index is 12.3. The van der Waals surface area contributed by atoms with Gasteiger partial charge in [0.2, 0.25) is 5.82 Å². The lowest BCUT2D eigenvalue weighted by molar-refractivity contribution is -0.146. The fraction of sp³-hybridized carbons (Fsp3) is 0.444. The molecule has 134 valence electrons. The molecule has 25 heavy (non-hydrogen) atoms. The maximum atomic E-state index is 12.3. The second kappa shape index (κ2) is 7.04. The van der Waals surface area contributed by atoms with E-state index in [1.165, 1.54) is 0 Å². The van der Waals surface area contributed by atoms with Crippen LogP contribution in [0.15, 0.2) is 24.3 Å². The summed E-state index contributed by atoms with van der Waals surface area (Å²) in [6.07, 6.45) is 0. The van der Waals surface area contributed by atoms with Crippen LogP contribution in [-0.2, 0) is 4.79 Å². The van der Waals surface area contributed by atoms with Crippen LogP contribution in [0.1, 0.15) is 55.6 Å². The van der Waals surface area contributed by atoms with Crippen molar-refractivity contribution < 1.29 is 14.7 Å². The van der Waals surface area contributed by atoms with E-state index >= 15 is 0 Å². The largest absolute Gasteiger partial charge is 0.481 e. The highest BCUT2D eigenvalue weighted by atomic mass is 16.4. The quantitative estimate of drug-likeness (QED) is 0.839. The van der Waals surface area contributed by atoms with Gasteiger partial charge in [-0.25, -0.2) is 9.67 Å². The minimum atomic E-state index is -1.06. The third-order valence-corrected chi connectivity index (χ3v) is 4.03. The molecule has 1 amide bonds. The van der Waals surface area contributed by atoms with Gasteiger partial charge in [-0.3, -0.25) is 9.59 Å². The number of carbonyl (C=O) groups is 2. The molecule has 2 rings (SSSR count). The molecule has 2 aromatic rings. The number of aryl methyl sites for hydroxylation is 1. The van der Waals surface area contributed by atoms with E-state index in [1.807, 2.05) is 24.3 Å². The van der Waals surface area contributed by atoms with E-state index in [-0.39, 0.29) is 12.4 Å². The standard InChI is InChI=1S/C18H24N4O3/c1-11(2)13-8-6-7-9-14(13)22-12(3)20-15(21-22)16(23)19-10-18(4,5)17(24)25/h6-9,11H,10H2,1-5H3,(H,19,23)(H,24,25). The Bertz CT molecular complexity index is 793. The van der Waals surface area contributed by atoms with Crippen LogP contribution in [0.3, 0.4) is 0 Å². The van der Waals surface area contributed by atoms with Crippen LogP contribution in [0.5, 0.6) is 0 Å². The first kappa shape index (κ1) is 18.6. The number of aliphatic carboxylic acids is 1. The molecule has 0 unspecified atom stereocenters. The summed E-state index contributed by atoms with van der Waals surface area (Å²) in [7, 11) is 0. The number of hydrogen-bond acceptors (Lipinski definition) is 4. The molecule has 0 saturated heterocycles. The van der Waals surface area contributed by atoms with Crippen LogP contribution in [0, 0.1) is 12.3 Å². The number of para-hydroxylation sites is 1. The van der Waals surface area contributed by atoms with Crippen LogP contribution in [0.4, 0.5) is 0 Å². The van der Waals surface area contributed by atoms with Gasteiger partial charge in [0.15, 0.2) is 0 Å². The molecule has 0 aliphatic carbocycles. The van der Waals surface area contributed by atoms with Crippen LogP contribution >= 0.6 is 0 Å². The van der Waals surface area contributed by atoms with Crippen LogP contribution in [-0.4, -0.2) is 38.3 Å². The molecular weight excluding hydrogens is 320 g/mol. The zero-order valence-corrected chi connectivity index (χ0v) is 15.2. The highest BCUT2D eigenvalue weighted by Gasteiger charge is 2.28. The summed E-state index contributed by atoms with van der Waals surface area (Å²) in [6, 6.07) is 7.84. The Labute approximate surface area is 147 Å². The molecule has 0 spiro atoms. The summed E-state index contributed by atoms with van der Waals surface area (Å²) in [5, 5.41) is 16.0. The Morgan fingerprint density at radius 2 is 1.92 bits per heavy atom. The smallest absolute Gasteiger partial charge is 0.310 e. The molecule has 0 atom stereocenters. The zero-order valence-electron chi connectivity index (χ0n) is 15.2. The SMILES string of the molecule is Cc1nc(C(=O)NCC(C)(C)C(=O)O)nn1-c1ccccc1C(C)C. The molecule has 1 aromatic carbocycles. The van der Waals surface area contributed by atoms with E-state index in [0.29, 0.717) is 11.7 Å². The molecule has 7 heteroatoms. The van der Waals surface area contributed by atoms with Gasteiger partial charge in [-0.05, 0) is 38.3 Å². The molecule has 1 aromatic heterocycles. The second-order valence-corrected chi connectivity index (χ2v) is 6.98. The molecule has 0 fully saturated rings. The van der Waals surface area contributed by atoms with Crippen molar-refractivity contribution in [3.8, 4) is 5.69 Å². The molecular formula is C18H24N4O3. The first-order valence-corrected chi connectivity index (χ1v) is 8.18. The van der Waals surface area contributed by atoms with Crippen molar-refractivity contribution >= 4 is 11.9 Å². The van der Waals surface area contributed by atoms with Crippen molar-refractivity contribution in [2.45, 2.75) is 40.5 Å². The Balaban J connectivity index is 2.26. The summed E-state index contributed by atoms with van der Waals surface area (Å²) < 4.78 is 1.65. The molecule has 0 radical (unpaired) electrons. The topological polar surface area (TPSA) is 97.1 Å². The van der Waals surface area contributed by atoms with Crippen molar-refractivity contribution in [3.05, 3.63) is 41.5 Å². The number of rotatable bonds is 6. The number of hydrogen-bond donors (Lipinski definition) is 2. The van der Waals surface area contributed by atoms with Crippen LogP contribution in [0.2, 0.25) is 0 Å². The minimum absolute atomic E-state index is 0.00264. The lowest BCUT2D eigenvalue weighted by Gasteiger charge is -2.18. The Kier molecular flexibility index (Phi) is 5.25. The van der Waals surface area contributed by atoms with Crippen molar-refractivity contribution in [3.63, 3.8) is 0 Å². The van der Waals surface area contributed by atoms with Gasteiger partial charge in [-0.15, -0.1) is 5.10 Å². The normalized spacial score (nSPS) is 11.6. The molecule has 1 heterocycles. The lowest BCUT2D eigenvalue weighted by Crippen LogP contribution is -2.39. The first-order chi connectivity index (χ1) is 11.6. The van der Waals surface area contributed by atoms with Gasteiger partial charge in [0.1, 0.15) is 5.82 Å². The van der Waals surface area contributed by atoms with Crippen molar-refractivity contribution in [2.75, 3.05) is 6.54 Å². The Morgan fingerprint density at radius 1 is 1.28 bits per heavy atom. The summed E-state index contributed by atoms with van der Waals surface area (Å²) >= 11 is 0. The molecule has 0 bridgehead atoms. The van der Waals surface area contributed by atoms with Gasteiger partial charge in [-0.1, -0.05) is 32.0 Å². The van der Waals surface area contributed by atoms with E-state index in [4.69, 9.17) is 5.11 Å². The van der Waals surface area contributed by atoms with Gasteiger partial charge in [0.25, 0.3) is 5.91 Å².